The van der Waals surface area contributed by atoms with E-state index in [0.717, 1.165) is 29.6 Å². The van der Waals surface area contributed by atoms with E-state index in [9.17, 15) is 8.42 Å². The summed E-state index contributed by atoms with van der Waals surface area (Å²) in [7, 11) is -1.49. The molecule has 1 aromatic rings. The van der Waals surface area contributed by atoms with E-state index in [1.807, 2.05) is 20.8 Å². The van der Waals surface area contributed by atoms with Crippen molar-refractivity contribution in [3.05, 3.63) is 15.6 Å². The fourth-order valence-corrected chi connectivity index (χ4v) is 3.79. The molecule has 7 nitrogen and oxygen atoms in total. The van der Waals surface area contributed by atoms with Gasteiger partial charge in [0.1, 0.15) is 0 Å². The Hall–Kier alpha value is -0.460. The highest BCUT2D eigenvalue weighted by Crippen LogP contribution is 2.17. The molecule has 1 aromatic heterocycles. The molecule has 1 heterocycles. The first kappa shape index (κ1) is 24.5. The standard InChI is InChI=1S/C15H29N5O2S2.HI/c1-6-16-15(18-11-14-12(3)19-13(4)23-14)17-9-8-10-20(5)24(21,22)7-2;/h6-11H2,1-5H3,(H2,16,17,18);1H. The molecule has 10 heteroatoms. The van der Waals surface area contributed by atoms with E-state index in [4.69, 9.17) is 0 Å². The van der Waals surface area contributed by atoms with Crippen LogP contribution in [0, 0.1) is 13.8 Å². The molecule has 0 aromatic carbocycles. The average Bonchev–Trinajstić information content (AvgIpc) is 2.86. The van der Waals surface area contributed by atoms with Gasteiger partial charge in [0.05, 0.1) is 23.0 Å². The molecule has 0 saturated heterocycles. The van der Waals surface area contributed by atoms with Gasteiger partial charge in [0.25, 0.3) is 0 Å². The first-order chi connectivity index (χ1) is 11.3. The Morgan fingerprint density at radius 2 is 1.96 bits per heavy atom. The van der Waals surface area contributed by atoms with Crippen LogP contribution >= 0.6 is 35.3 Å². The van der Waals surface area contributed by atoms with Crippen LogP contribution in [0.1, 0.15) is 35.8 Å². The molecule has 1 rings (SSSR count). The van der Waals surface area contributed by atoms with Crippen LogP contribution in [0.2, 0.25) is 0 Å². The fraction of sp³-hybridized carbons (Fsp3) is 0.733. The summed E-state index contributed by atoms with van der Waals surface area (Å²) in [6.45, 7) is 10.2. The second-order valence-electron chi connectivity index (χ2n) is 5.44. The zero-order chi connectivity index (χ0) is 18.2. The topological polar surface area (TPSA) is 86.7 Å². The van der Waals surface area contributed by atoms with E-state index in [-0.39, 0.29) is 29.7 Å². The third-order valence-corrected chi connectivity index (χ3v) is 6.43. The van der Waals surface area contributed by atoms with Crippen molar-refractivity contribution < 1.29 is 8.42 Å². The lowest BCUT2D eigenvalue weighted by molar-refractivity contribution is 0.461. The number of aromatic nitrogens is 1. The van der Waals surface area contributed by atoms with Crippen molar-refractivity contribution in [3.63, 3.8) is 0 Å². The van der Waals surface area contributed by atoms with Crippen LogP contribution in [-0.4, -0.2) is 56.1 Å². The Morgan fingerprint density at radius 3 is 2.48 bits per heavy atom. The van der Waals surface area contributed by atoms with E-state index < -0.39 is 10.0 Å². The Balaban J connectivity index is 0.00000576. The summed E-state index contributed by atoms with van der Waals surface area (Å²) >= 11 is 1.66. The number of thiazole rings is 1. The minimum absolute atomic E-state index is 0. The van der Waals surface area contributed by atoms with E-state index in [0.29, 0.717) is 19.6 Å². The molecule has 0 unspecified atom stereocenters. The van der Waals surface area contributed by atoms with Crippen LogP contribution in [0.3, 0.4) is 0 Å². The van der Waals surface area contributed by atoms with Crippen LogP contribution in [0.4, 0.5) is 0 Å². The maximum atomic E-state index is 11.7. The predicted molar refractivity (Wildman–Crippen MR) is 117 cm³/mol. The molecule has 0 fully saturated rings. The number of halogens is 1. The number of hydrogen-bond donors (Lipinski definition) is 2. The summed E-state index contributed by atoms with van der Waals surface area (Å²) in [4.78, 5) is 10.1. The van der Waals surface area contributed by atoms with Gasteiger partial charge in [-0.25, -0.2) is 22.7 Å². The van der Waals surface area contributed by atoms with Gasteiger partial charge in [0.15, 0.2) is 5.96 Å². The molecule has 2 N–H and O–H groups in total. The molecule has 0 aliphatic heterocycles. The van der Waals surface area contributed by atoms with E-state index in [2.05, 4.69) is 20.6 Å². The van der Waals surface area contributed by atoms with Gasteiger partial charge in [0, 0.05) is 31.6 Å². The molecule has 0 aliphatic rings. The minimum atomic E-state index is -3.10. The molecule has 0 saturated carbocycles. The van der Waals surface area contributed by atoms with Gasteiger partial charge < -0.3 is 10.6 Å². The SMILES string of the molecule is CCNC(=NCc1sc(C)nc1C)NCCCN(C)S(=O)(=O)CC.I. The number of sulfonamides is 1. The summed E-state index contributed by atoms with van der Waals surface area (Å²) < 4.78 is 24.8. The van der Waals surface area contributed by atoms with Crippen LogP contribution in [0.25, 0.3) is 0 Å². The van der Waals surface area contributed by atoms with Crippen molar-refractivity contribution in [2.24, 2.45) is 4.99 Å². The number of nitrogens with zero attached hydrogens (tertiary/aromatic N) is 3. The van der Waals surface area contributed by atoms with Gasteiger partial charge in [-0.3, -0.25) is 0 Å². The molecule has 0 atom stereocenters. The minimum Gasteiger partial charge on any atom is -0.357 e. The molecule has 146 valence electrons. The molecule has 0 radical (unpaired) electrons. The first-order valence-electron chi connectivity index (χ1n) is 8.19. The number of nitrogens with one attached hydrogen (secondary N) is 2. The van der Waals surface area contributed by atoms with Crippen molar-refractivity contribution in [2.75, 3.05) is 32.4 Å². The number of aliphatic imine (C=N–C) groups is 1. The Kier molecular flexibility index (Phi) is 11.8. The third-order valence-electron chi connectivity index (χ3n) is 3.51. The van der Waals surface area contributed by atoms with Crippen LogP contribution in [0.5, 0.6) is 0 Å². The Morgan fingerprint density at radius 1 is 1.28 bits per heavy atom. The van der Waals surface area contributed by atoms with Gasteiger partial charge >= 0.3 is 0 Å². The second kappa shape index (κ2) is 12.0. The van der Waals surface area contributed by atoms with E-state index in [1.54, 1.807) is 25.3 Å². The number of rotatable bonds is 9. The van der Waals surface area contributed by atoms with E-state index in [1.165, 1.54) is 9.18 Å². The summed E-state index contributed by atoms with van der Waals surface area (Å²) in [6.07, 6.45) is 0.721. The quantitative estimate of drug-likeness (QED) is 0.233. The lowest BCUT2D eigenvalue weighted by Gasteiger charge is -2.16. The fourth-order valence-electron chi connectivity index (χ4n) is 2.08. The molecule has 0 bridgehead atoms. The molecule has 25 heavy (non-hydrogen) atoms. The third kappa shape index (κ3) is 8.65. The second-order valence-corrected chi connectivity index (χ2v) is 9.09. The monoisotopic (exact) mass is 503 g/mol. The van der Waals surface area contributed by atoms with Crippen molar-refractivity contribution in [1.82, 2.24) is 19.9 Å². The number of hydrogen-bond acceptors (Lipinski definition) is 5. The van der Waals surface area contributed by atoms with E-state index >= 15 is 0 Å². The normalized spacial score (nSPS) is 12.2. The summed E-state index contributed by atoms with van der Waals surface area (Å²) in [5, 5.41) is 7.50. The van der Waals surface area contributed by atoms with Crippen molar-refractivity contribution in [3.8, 4) is 0 Å². The zero-order valence-electron chi connectivity index (χ0n) is 15.6. The Labute approximate surface area is 172 Å². The van der Waals surface area contributed by atoms with Gasteiger partial charge in [-0.05, 0) is 34.1 Å². The van der Waals surface area contributed by atoms with Gasteiger partial charge in [-0.15, -0.1) is 35.3 Å². The van der Waals surface area contributed by atoms with Gasteiger partial charge in [-0.2, -0.15) is 0 Å². The van der Waals surface area contributed by atoms with Gasteiger partial charge in [-0.1, -0.05) is 0 Å². The predicted octanol–water partition coefficient (Wildman–Crippen LogP) is 2.10. The van der Waals surface area contributed by atoms with Crippen molar-refractivity contribution >= 4 is 51.3 Å². The highest BCUT2D eigenvalue weighted by atomic mass is 127. The highest BCUT2D eigenvalue weighted by Gasteiger charge is 2.14. The molecule has 0 spiro atoms. The maximum Gasteiger partial charge on any atom is 0.213 e. The average molecular weight is 503 g/mol. The van der Waals surface area contributed by atoms with Crippen molar-refractivity contribution in [2.45, 2.75) is 40.7 Å². The smallest absolute Gasteiger partial charge is 0.213 e. The molecule has 0 amide bonds. The highest BCUT2D eigenvalue weighted by molar-refractivity contribution is 14.0. The van der Waals surface area contributed by atoms with Gasteiger partial charge in [0.2, 0.25) is 10.0 Å². The lowest BCUT2D eigenvalue weighted by atomic mass is 10.4. The number of aryl methyl sites for hydroxylation is 2. The first-order valence-corrected chi connectivity index (χ1v) is 10.6. The summed E-state index contributed by atoms with van der Waals surface area (Å²) in [6, 6.07) is 0. The van der Waals surface area contributed by atoms with Crippen LogP contribution in [-0.2, 0) is 16.6 Å². The molecular weight excluding hydrogens is 473 g/mol. The van der Waals surface area contributed by atoms with Crippen LogP contribution < -0.4 is 10.6 Å². The molecular formula is C15H30IN5O2S2. The maximum absolute atomic E-state index is 11.7. The summed E-state index contributed by atoms with van der Waals surface area (Å²) in [5.41, 5.74) is 1.03. The largest absolute Gasteiger partial charge is 0.357 e. The van der Waals surface area contributed by atoms with Crippen LogP contribution in [0.15, 0.2) is 4.99 Å². The van der Waals surface area contributed by atoms with Crippen molar-refractivity contribution in [1.29, 1.82) is 0 Å². The number of guanidine groups is 1. The lowest BCUT2D eigenvalue weighted by Crippen LogP contribution is -2.39. The molecule has 0 aliphatic carbocycles. The summed E-state index contributed by atoms with van der Waals surface area (Å²) in [5.74, 6) is 0.873. The Bertz CT molecular complexity index is 646. The zero-order valence-corrected chi connectivity index (χ0v) is 19.6.